The highest BCUT2D eigenvalue weighted by molar-refractivity contribution is 9.10. The standard InChI is InChI=1S/C12H14BrFN2O/c13-10-6-8(3-4-11(10)14)12(17)16-5-1-2-9(16)7-15/h3-4,6,9H,1-2,5,7,15H2/t9-/m1/s1. The summed E-state index contributed by atoms with van der Waals surface area (Å²) in [7, 11) is 0. The highest BCUT2D eigenvalue weighted by Crippen LogP contribution is 2.22. The van der Waals surface area contributed by atoms with E-state index in [1.54, 1.807) is 4.90 Å². The molecule has 1 atom stereocenters. The van der Waals surface area contributed by atoms with Crippen LogP contribution in [0, 0.1) is 5.82 Å². The smallest absolute Gasteiger partial charge is 0.254 e. The van der Waals surface area contributed by atoms with E-state index in [1.165, 1.54) is 18.2 Å². The van der Waals surface area contributed by atoms with Crippen molar-refractivity contribution in [1.82, 2.24) is 4.90 Å². The van der Waals surface area contributed by atoms with Crippen molar-refractivity contribution >= 4 is 21.8 Å². The Balaban J connectivity index is 2.21. The summed E-state index contributed by atoms with van der Waals surface area (Å²) in [6.07, 6.45) is 1.93. The fraction of sp³-hybridized carbons (Fsp3) is 0.417. The van der Waals surface area contributed by atoms with Crippen LogP contribution in [0.3, 0.4) is 0 Å². The van der Waals surface area contributed by atoms with Crippen molar-refractivity contribution in [3.05, 3.63) is 34.1 Å². The quantitative estimate of drug-likeness (QED) is 0.910. The van der Waals surface area contributed by atoms with Crippen LogP contribution in [0.15, 0.2) is 22.7 Å². The second-order valence-electron chi connectivity index (χ2n) is 4.16. The second kappa shape index (κ2) is 5.14. The first kappa shape index (κ1) is 12.5. The summed E-state index contributed by atoms with van der Waals surface area (Å²) < 4.78 is 13.4. The van der Waals surface area contributed by atoms with E-state index in [0.29, 0.717) is 16.6 Å². The Morgan fingerprint density at radius 3 is 3.00 bits per heavy atom. The van der Waals surface area contributed by atoms with E-state index < -0.39 is 0 Å². The second-order valence-corrected chi connectivity index (χ2v) is 5.01. The van der Waals surface area contributed by atoms with E-state index in [1.807, 2.05) is 0 Å². The SMILES string of the molecule is NC[C@H]1CCCN1C(=O)c1ccc(F)c(Br)c1. The van der Waals surface area contributed by atoms with Crippen molar-refractivity contribution in [2.24, 2.45) is 5.73 Å². The summed E-state index contributed by atoms with van der Waals surface area (Å²) in [5.74, 6) is -0.433. The molecule has 1 aromatic carbocycles. The monoisotopic (exact) mass is 300 g/mol. The Kier molecular flexibility index (Phi) is 3.79. The third-order valence-electron chi connectivity index (χ3n) is 3.08. The lowest BCUT2D eigenvalue weighted by molar-refractivity contribution is 0.0741. The molecule has 1 aromatic rings. The van der Waals surface area contributed by atoms with E-state index in [9.17, 15) is 9.18 Å². The zero-order chi connectivity index (χ0) is 12.4. The van der Waals surface area contributed by atoms with Crippen molar-refractivity contribution in [3.8, 4) is 0 Å². The van der Waals surface area contributed by atoms with Gasteiger partial charge in [0.1, 0.15) is 5.82 Å². The van der Waals surface area contributed by atoms with Gasteiger partial charge in [-0.25, -0.2) is 4.39 Å². The van der Waals surface area contributed by atoms with Crippen molar-refractivity contribution in [1.29, 1.82) is 0 Å². The van der Waals surface area contributed by atoms with Gasteiger partial charge in [0.15, 0.2) is 0 Å². The molecular formula is C12H14BrFN2O. The number of hydrogen-bond acceptors (Lipinski definition) is 2. The van der Waals surface area contributed by atoms with Crippen molar-refractivity contribution in [2.45, 2.75) is 18.9 Å². The predicted molar refractivity (Wildman–Crippen MR) is 67.2 cm³/mol. The van der Waals surface area contributed by atoms with Crippen molar-refractivity contribution < 1.29 is 9.18 Å². The molecule has 1 saturated heterocycles. The molecule has 0 aliphatic carbocycles. The van der Waals surface area contributed by atoms with Crippen LogP contribution in [-0.4, -0.2) is 29.9 Å². The number of hydrogen-bond donors (Lipinski definition) is 1. The molecule has 0 aromatic heterocycles. The number of benzene rings is 1. The van der Waals surface area contributed by atoms with Crippen molar-refractivity contribution in [3.63, 3.8) is 0 Å². The van der Waals surface area contributed by atoms with Crippen LogP contribution in [0.4, 0.5) is 4.39 Å². The minimum absolute atomic E-state index is 0.0707. The number of nitrogens with two attached hydrogens (primary N) is 1. The van der Waals surface area contributed by atoms with Crippen LogP contribution < -0.4 is 5.73 Å². The average molecular weight is 301 g/mol. The van der Waals surface area contributed by atoms with E-state index in [-0.39, 0.29) is 17.8 Å². The van der Waals surface area contributed by atoms with Gasteiger partial charge in [-0.05, 0) is 47.0 Å². The number of rotatable bonds is 2. The molecule has 0 saturated carbocycles. The minimum atomic E-state index is -0.363. The van der Waals surface area contributed by atoms with Gasteiger partial charge < -0.3 is 10.6 Å². The topological polar surface area (TPSA) is 46.3 Å². The fourth-order valence-corrected chi connectivity index (χ4v) is 2.52. The van der Waals surface area contributed by atoms with Gasteiger partial charge in [-0.3, -0.25) is 4.79 Å². The normalized spacial score (nSPS) is 19.7. The summed E-state index contributed by atoms with van der Waals surface area (Å²) in [5.41, 5.74) is 6.13. The van der Waals surface area contributed by atoms with Gasteiger partial charge in [0.25, 0.3) is 5.91 Å². The van der Waals surface area contributed by atoms with Gasteiger partial charge in [0, 0.05) is 24.7 Å². The summed E-state index contributed by atoms with van der Waals surface area (Å²) in [6.45, 7) is 1.21. The molecule has 3 nitrogen and oxygen atoms in total. The van der Waals surface area contributed by atoms with Crippen LogP contribution in [0.25, 0.3) is 0 Å². The van der Waals surface area contributed by atoms with Crippen LogP contribution in [-0.2, 0) is 0 Å². The average Bonchev–Trinajstić information content (AvgIpc) is 2.80. The number of likely N-dealkylation sites (tertiary alicyclic amines) is 1. The summed E-state index contributed by atoms with van der Waals surface area (Å²) in [4.78, 5) is 14.0. The number of amides is 1. The van der Waals surface area contributed by atoms with Crippen molar-refractivity contribution in [2.75, 3.05) is 13.1 Å². The van der Waals surface area contributed by atoms with Crippen LogP contribution in [0.2, 0.25) is 0 Å². The van der Waals surface area contributed by atoms with E-state index >= 15 is 0 Å². The Morgan fingerprint density at radius 2 is 2.35 bits per heavy atom. The first-order chi connectivity index (χ1) is 8.13. The zero-order valence-electron chi connectivity index (χ0n) is 9.33. The lowest BCUT2D eigenvalue weighted by atomic mass is 10.1. The van der Waals surface area contributed by atoms with Gasteiger partial charge in [-0.15, -0.1) is 0 Å². The number of carbonyl (C=O) groups excluding carboxylic acids is 1. The zero-order valence-corrected chi connectivity index (χ0v) is 10.9. The first-order valence-corrected chi connectivity index (χ1v) is 6.39. The third-order valence-corrected chi connectivity index (χ3v) is 3.68. The van der Waals surface area contributed by atoms with E-state index in [4.69, 9.17) is 5.73 Å². The molecule has 1 aliphatic heterocycles. The van der Waals surface area contributed by atoms with Gasteiger partial charge in [-0.2, -0.15) is 0 Å². The molecule has 0 unspecified atom stereocenters. The molecule has 0 spiro atoms. The van der Waals surface area contributed by atoms with Crippen LogP contribution in [0.1, 0.15) is 23.2 Å². The number of nitrogens with zero attached hydrogens (tertiary/aromatic N) is 1. The minimum Gasteiger partial charge on any atom is -0.334 e. The summed E-state index contributed by atoms with van der Waals surface area (Å²) in [6, 6.07) is 4.44. The molecule has 1 fully saturated rings. The highest BCUT2D eigenvalue weighted by Gasteiger charge is 2.28. The highest BCUT2D eigenvalue weighted by atomic mass is 79.9. The number of carbonyl (C=O) groups is 1. The molecular weight excluding hydrogens is 287 g/mol. The third kappa shape index (κ3) is 2.50. The van der Waals surface area contributed by atoms with E-state index in [0.717, 1.165) is 19.4 Å². The van der Waals surface area contributed by atoms with Gasteiger partial charge in [0.2, 0.25) is 0 Å². The summed E-state index contributed by atoms with van der Waals surface area (Å²) in [5, 5.41) is 0. The fourth-order valence-electron chi connectivity index (χ4n) is 2.14. The molecule has 5 heteroatoms. The largest absolute Gasteiger partial charge is 0.334 e. The maximum absolute atomic E-state index is 13.1. The molecule has 2 rings (SSSR count). The lowest BCUT2D eigenvalue weighted by Crippen LogP contribution is -2.39. The summed E-state index contributed by atoms with van der Waals surface area (Å²) >= 11 is 3.08. The maximum Gasteiger partial charge on any atom is 0.254 e. The maximum atomic E-state index is 13.1. The Bertz CT molecular complexity index is 439. The van der Waals surface area contributed by atoms with Gasteiger partial charge in [0.05, 0.1) is 4.47 Å². The molecule has 0 radical (unpaired) electrons. The van der Waals surface area contributed by atoms with Gasteiger partial charge in [-0.1, -0.05) is 0 Å². The van der Waals surface area contributed by atoms with Gasteiger partial charge >= 0.3 is 0 Å². The lowest BCUT2D eigenvalue weighted by Gasteiger charge is -2.23. The Morgan fingerprint density at radius 1 is 1.59 bits per heavy atom. The molecule has 1 aliphatic rings. The Hall–Kier alpha value is -0.940. The molecule has 92 valence electrons. The number of halogens is 2. The Labute approximate surface area is 108 Å². The first-order valence-electron chi connectivity index (χ1n) is 5.59. The van der Waals surface area contributed by atoms with Crippen LogP contribution in [0.5, 0.6) is 0 Å². The molecule has 1 amide bonds. The molecule has 1 heterocycles. The molecule has 17 heavy (non-hydrogen) atoms. The van der Waals surface area contributed by atoms with E-state index in [2.05, 4.69) is 15.9 Å². The molecule has 2 N–H and O–H groups in total. The van der Waals surface area contributed by atoms with Crippen LogP contribution >= 0.6 is 15.9 Å². The predicted octanol–water partition coefficient (Wildman–Crippen LogP) is 2.15. The molecule has 0 bridgehead atoms.